The minimum Gasteiger partial charge on any atom is -0.450 e. The third kappa shape index (κ3) is 3.45. The van der Waals surface area contributed by atoms with Crippen LogP contribution in [-0.4, -0.2) is 54.6 Å². The van der Waals surface area contributed by atoms with Crippen LogP contribution in [0.15, 0.2) is 18.2 Å². The fraction of sp³-hybridized carbons (Fsp3) is 0.467. The number of nitrogens with zero attached hydrogens (tertiary/aromatic N) is 2. The maximum atomic E-state index is 12.4. The molecule has 6 heteroatoms. The van der Waals surface area contributed by atoms with Gasteiger partial charge in [0, 0.05) is 37.4 Å². The van der Waals surface area contributed by atoms with E-state index in [2.05, 4.69) is 0 Å². The molecule has 0 atom stereocenters. The van der Waals surface area contributed by atoms with Crippen molar-refractivity contribution < 1.29 is 14.3 Å². The van der Waals surface area contributed by atoms with Crippen molar-refractivity contribution in [2.24, 2.45) is 0 Å². The molecule has 2 rings (SSSR count). The van der Waals surface area contributed by atoms with Crippen LogP contribution in [0, 0.1) is 6.92 Å². The van der Waals surface area contributed by atoms with E-state index in [1.165, 1.54) is 0 Å². The second kappa shape index (κ2) is 6.47. The van der Waals surface area contributed by atoms with Crippen molar-refractivity contribution in [1.29, 1.82) is 0 Å². The van der Waals surface area contributed by atoms with Crippen LogP contribution in [0.2, 0.25) is 0 Å². The highest BCUT2D eigenvalue weighted by atomic mass is 16.6. The van der Waals surface area contributed by atoms with Gasteiger partial charge in [-0.1, -0.05) is 0 Å². The van der Waals surface area contributed by atoms with Gasteiger partial charge in [0.1, 0.15) is 0 Å². The molecule has 114 valence electrons. The summed E-state index contributed by atoms with van der Waals surface area (Å²) in [5.41, 5.74) is 7.97. The van der Waals surface area contributed by atoms with E-state index >= 15 is 0 Å². The van der Waals surface area contributed by atoms with Crippen LogP contribution in [0.3, 0.4) is 0 Å². The summed E-state index contributed by atoms with van der Waals surface area (Å²) in [5, 5.41) is 0. The number of piperazine rings is 1. The van der Waals surface area contributed by atoms with E-state index in [9.17, 15) is 9.59 Å². The third-order valence-corrected chi connectivity index (χ3v) is 3.61. The van der Waals surface area contributed by atoms with Gasteiger partial charge in [-0.15, -0.1) is 0 Å². The van der Waals surface area contributed by atoms with Gasteiger partial charge in [-0.05, 0) is 37.6 Å². The smallest absolute Gasteiger partial charge is 0.409 e. The van der Waals surface area contributed by atoms with E-state index in [1.54, 1.807) is 34.9 Å². The Hall–Kier alpha value is -2.24. The fourth-order valence-corrected chi connectivity index (χ4v) is 2.30. The van der Waals surface area contributed by atoms with E-state index in [0.29, 0.717) is 44.0 Å². The Morgan fingerprint density at radius 2 is 1.81 bits per heavy atom. The first-order chi connectivity index (χ1) is 10.0. The van der Waals surface area contributed by atoms with Crippen molar-refractivity contribution in [3.05, 3.63) is 29.3 Å². The molecule has 1 fully saturated rings. The summed E-state index contributed by atoms with van der Waals surface area (Å²) < 4.78 is 4.96. The Kier molecular flexibility index (Phi) is 4.67. The molecule has 0 aliphatic carbocycles. The quantitative estimate of drug-likeness (QED) is 0.838. The number of carbonyl (C=O) groups excluding carboxylic acids is 2. The van der Waals surface area contributed by atoms with E-state index < -0.39 is 0 Å². The van der Waals surface area contributed by atoms with Gasteiger partial charge in [-0.25, -0.2) is 4.79 Å². The second-order valence-corrected chi connectivity index (χ2v) is 5.05. The minimum atomic E-state index is -0.312. The lowest BCUT2D eigenvalue weighted by Gasteiger charge is -2.34. The zero-order chi connectivity index (χ0) is 15.4. The number of benzene rings is 1. The normalized spacial score (nSPS) is 15.0. The molecule has 0 radical (unpaired) electrons. The summed E-state index contributed by atoms with van der Waals surface area (Å²) >= 11 is 0. The van der Waals surface area contributed by atoms with Crippen LogP contribution in [0.25, 0.3) is 0 Å². The van der Waals surface area contributed by atoms with Crippen LogP contribution in [0.5, 0.6) is 0 Å². The maximum absolute atomic E-state index is 12.4. The summed E-state index contributed by atoms with van der Waals surface area (Å²) in [7, 11) is 0. The average Bonchev–Trinajstić information content (AvgIpc) is 2.50. The Balaban J connectivity index is 1.97. The molecule has 2 N–H and O–H groups in total. The van der Waals surface area contributed by atoms with E-state index in [4.69, 9.17) is 10.5 Å². The van der Waals surface area contributed by atoms with E-state index in [0.717, 1.165) is 5.56 Å². The second-order valence-electron chi connectivity index (χ2n) is 5.05. The molecule has 1 heterocycles. The van der Waals surface area contributed by atoms with Gasteiger partial charge >= 0.3 is 6.09 Å². The van der Waals surface area contributed by atoms with Crippen molar-refractivity contribution in [3.63, 3.8) is 0 Å². The van der Waals surface area contributed by atoms with E-state index in [1.807, 2.05) is 6.92 Å². The molecule has 1 aliphatic rings. The predicted octanol–water partition coefficient (Wildman–Crippen LogP) is 1.49. The summed E-state index contributed by atoms with van der Waals surface area (Å²) in [4.78, 5) is 27.4. The van der Waals surface area contributed by atoms with E-state index in [-0.39, 0.29) is 12.0 Å². The number of anilines is 1. The number of aryl methyl sites for hydroxylation is 1. The average molecular weight is 291 g/mol. The molecule has 21 heavy (non-hydrogen) atoms. The molecule has 6 nitrogen and oxygen atoms in total. The molecule has 0 spiro atoms. The van der Waals surface area contributed by atoms with Crippen molar-refractivity contribution in [2.45, 2.75) is 13.8 Å². The molecule has 0 unspecified atom stereocenters. The van der Waals surface area contributed by atoms with Gasteiger partial charge < -0.3 is 20.3 Å². The highest BCUT2D eigenvalue weighted by molar-refractivity contribution is 5.95. The zero-order valence-corrected chi connectivity index (χ0v) is 12.5. The number of amides is 2. The van der Waals surface area contributed by atoms with Crippen molar-refractivity contribution in [3.8, 4) is 0 Å². The molecular formula is C15H21N3O3. The summed E-state index contributed by atoms with van der Waals surface area (Å²) in [5.74, 6) is -0.0263. The molecular weight excluding hydrogens is 270 g/mol. The van der Waals surface area contributed by atoms with Gasteiger partial charge in [0.15, 0.2) is 0 Å². The Morgan fingerprint density at radius 3 is 2.38 bits per heavy atom. The van der Waals surface area contributed by atoms with Gasteiger partial charge in [0.2, 0.25) is 0 Å². The van der Waals surface area contributed by atoms with Crippen LogP contribution < -0.4 is 5.73 Å². The number of hydrogen-bond acceptors (Lipinski definition) is 4. The largest absolute Gasteiger partial charge is 0.450 e. The third-order valence-electron chi connectivity index (χ3n) is 3.61. The van der Waals surface area contributed by atoms with Crippen LogP contribution >= 0.6 is 0 Å². The Morgan fingerprint density at radius 1 is 1.19 bits per heavy atom. The summed E-state index contributed by atoms with van der Waals surface area (Å²) in [6.45, 7) is 6.05. The molecule has 0 aromatic heterocycles. The monoisotopic (exact) mass is 291 g/mol. The van der Waals surface area contributed by atoms with Gasteiger partial charge in [0.05, 0.1) is 6.61 Å². The van der Waals surface area contributed by atoms with Crippen LogP contribution in [0.1, 0.15) is 22.8 Å². The molecule has 1 aliphatic heterocycles. The lowest BCUT2D eigenvalue weighted by atomic mass is 10.1. The minimum absolute atomic E-state index is 0.0263. The van der Waals surface area contributed by atoms with Crippen molar-refractivity contribution >= 4 is 17.7 Å². The van der Waals surface area contributed by atoms with Crippen LogP contribution in [0.4, 0.5) is 10.5 Å². The molecule has 1 aromatic carbocycles. The van der Waals surface area contributed by atoms with Crippen LogP contribution in [-0.2, 0) is 4.74 Å². The number of nitrogens with two attached hydrogens (primary N) is 1. The Labute approximate surface area is 124 Å². The SMILES string of the molecule is CCOC(=O)N1CCN(C(=O)c2ccc(N)c(C)c2)CC1. The highest BCUT2D eigenvalue weighted by Crippen LogP contribution is 2.15. The number of rotatable bonds is 2. The van der Waals surface area contributed by atoms with Gasteiger partial charge in [0.25, 0.3) is 5.91 Å². The molecule has 0 saturated carbocycles. The molecule has 1 saturated heterocycles. The fourth-order valence-electron chi connectivity index (χ4n) is 2.30. The molecule has 2 amide bonds. The lowest BCUT2D eigenvalue weighted by molar-refractivity contribution is 0.0570. The zero-order valence-electron chi connectivity index (χ0n) is 12.5. The number of ether oxygens (including phenoxy) is 1. The van der Waals surface area contributed by atoms with Gasteiger partial charge in [-0.3, -0.25) is 4.79 Å². The standard InChI is InChI=1S/C15H21N3O3/c1-3-21-15(20)18-8-6-17(7-9-18)14(19)12-4-5-13(16)11(2)10-12/h4-5,10H,3,6-9,16H2,1-2H3. The number of hydrogen-bond donors (Lipinski definition) is 1. The van der Waals surface area contributed by atoms with Crippen molar-refractivity contribution in [2.75, 3.05) is 38.5 Å². The topological polar surface area (TPSA) is 75.9 Å². The number of carbonyl (C=O) groups is 2. The van der Waals surface area contributed by atoms with Gasteiger partial charge in [-0.2, -0.15) is 0 Å². The van der Waals surface area contributed by atoms with Crippen molar-refractivity contribution in [1.82, 2.24) is 9.80 Å². The highest BCUT2D eigenvalue weighted by Gasteiger charge is 2.25. The summed E-state index contributed by atoms with van der Waals surface area (Å²) in [6, 6.07) is 5.29. The predicted molar refractivity (Wildman–Crippen MR) is 80.1 cm³/mol. The first kappa shape index (κ1) is 15.2. The first-order valence-corrected chi connectivity index (χ1v) is 7.10. The molecule has 1 aromatic rings. The Bertz CT molecular complexity index is 537. The number of nitrogen functional groups attached to an aromatic ring is 1. The molecule has 0 bridgehead atoms. The first-order valence-electron chi connectivity index (χ1n) is 7.10. The summed E-state index contributed by atoms with van der Waals surface area (Å²) in [6.07, 6.45) is -0.312. The lowest BCUT2D eigenvalue weighted by Crippen LogP contribution is -2.50. The maximum Gasteiger partial charge on any atom is 0.409 e.